The van der Waals surface area contributed by atoms with Crippen molar-refractivity contribution in [3.05, 3.63) is 34.9 Å². The molecule has 1 unspecified atom stereocenters. The number of hydrogen-bond donors (Lipinski definition) is 1. The summed E-state index contributed by atoms with van der Waals surface area (Å²) < 4.78 is 0. The molecule has 1 atom stereocenters. The largest absolute Gasteiger partial charge is 0.366 e. The molecule has 0 radical (unpaired) electrons. The first-order valence-corrected chi connectivity index (χ1v) is 6.88. The van der Waals surface area contributed by atoms with E-state index in [0.717, 1.165) is 6.42 Å². The Morgan fingerprint density at radius 1 is 1.33 bits per heavy atom. The zero-order chi connectivity index (χ0) is 13.9. The Kier molecular flexibility index (Phi) is 4.55. The lowest BCUT2D eigenvalue weighted by Gasteiger charge is -2.30. The predicted octanol–water partition coefficient (Wildman–Crippen LogP) is 3.67. The number of carbonyl (C=O) groups is 1. The second-order valence-electron chi connectivity index (χ2n) is 5.31. The van der Waals surface area contributed by atoms with Gasteiger partial charge in [-0.25, -0.2) is 0 Å². The molecule has 18 heavy (non-hydrogen) atoms. The zero-order valence-corrected chi connectivity index (χ0v) is 12.2. The molecule has 2 rings (SSSR count). The van der Waals surface area contributed by atoms with Crippen LogP contribution in [0.3, 0.4) is 0 Å². The molecule has 2 N–H and O–H groups in total. The van der Waals surface area contributed by atoms with Crippen molar-refractivity contribution in [2.75, 3.05) is 0 Å². The monoisotopic (exact) mass is 247 g/mol. The minimum atomic E-state index is -0.333. The van der Waals surface area contributed by atoms with Crippen molar-refractivity contribution in [2.24, 2.45) is 11.7 Å². The number of primary amides is 1. The van der Waals surface area contributed by atoms with Crippen LogP contribution < -0.4 is 5.73 Å². The highest BCUT2D eigenvalue weighted by Gasteiger charge is 2.37. The summed E-state index contributed by atoms with van der Waals surface area (Å²) in [6, 6.07) is 5.89. The highest BCUT2D eigenvalue weighted by Crippen LogP contribution is 2.44. The van der Waals surface area contributed by atoms with Crippen molar-refractivity contribution in [3.8, 4) is 0 Å². The summed E-state index contributed by atoms with van der Waals surface area (Å²) in [6.45, 7) is 10.8. The van der Waals surface area contributed by atoms with Crippen LogP contribution in [0.4, 0.5) is 0 Å². The summed E-state index contributed by atoms with van der Waals surface area (Å²) in [5, 5.41) is 0. The Morgan fingerprint density at radius 2 is 1.94 bits per heavy atom. The molecule has 1 aromatic carbocycles. The number of carbonyl (C=O) groups excluding carboxylic acids is 1. The number of amides is 1. The lowest BCUT2D eigenvalue weighted by Crippen LogP contribution is -2.26. The van der Waals surface area contributed by atoms with Gasteiger partial charge in [-0.15, -0.1) is 0 Å². The normalized spacial score (nSPS) is 21.2. The van der Waals surface area contributed by atoms with E-state index in [2.05, 4.69) is 26.8 Å². The molecule has 0 saturated carbocycles. The summed E-state index contributed by atoms with van der Waals surface area (Å²) in [6.07, 6.45) is 2.28. The third-order valence-corrected chi connectivity index (χ3v) is 4.20. The number of benzene rings is 1. The fraction of sp³-hybridized carbons (Fsp3) is 0.562. The molecular weight excluding hydrogens is 222 g/mol. The second kappa shape index (κ2) is 5.55. The van der Waals surface area contributed by atoms with Crippen molar-refractivity contribution in [3.63, 3.8) is 0 Å². The number of fused-ring (bicyclic) bond motifs is 1. The molecule has 0 bridgehead atoms. The van der Waals surface area contributed by atoms with Gasteiger partial charge in [0.1, 0.15) is 0 Å². The Balaban J connectivity index is 0.000000771. The molecule has 2 nitrogen and oxygen atoms in total. The first-order chi connectivity index (χ1) is 8.45. The molecule has 2 heteroatoms. The van der Waals surface area contributed by atoms with E-state index in [0.29, 0.717) is 11.5 Å². The van der Waals surface area contributed by atoms with Crippen LogP contribution in [0.25, 0.3) is 0 Å². The SMILES string of the molecule is CC.CC(C)C1(C)CCc2ccc(C(N)=O)cc21. The van der Waals surface area contributed by atoms with Gasteiger partial charge < -0.3 is 5.73 Å². The van der Waals surface area contributed by atoms with E-state index in [1.165, 1.54) is 17.5 Å². The van der Waals surface area contributed by atoms with Crippen LogP contribution in [0, 0.1) is 5.92 Å². The standard InChI is InChI=1S/C14H19NO.C2H6/c1-9(2)14(3)7-6-10-4-5-11(13(15)16)8-12(10)14;1-2/h4-5,8-9H,6-7H2,1-3H3,(H2,15,16);1-2H3. The molecule has 0 heterocycles. The van der Waals surface area contributed by atoms with E-state index in [4.69, 9.17) is 5.73 Å². The van der Waals surface area contributed by atoms with Gasteiger partial charge in [0.2, 0.25) is 5.91 Å². The summed E-state index contributed by atoms with van der Waals surface area (Å²) in [5.41, 5.74) is 8.86. The molecule has 0 saturated heterocycles. The van der Waals surface area contributed by atoms with Crippen molar-refractivity contribution in [2.45, 2.75) is 52.9 Å². The topological polar surface area (TPSA) is 43.1 Å². The molecule has 0 fully saturated rings. The van der Waals surface area contributed by atoms with Gasteiger partial charge in [0, 0.05) is 5.56 Å². The Labute approximate surface area is 111 Å². The third kappa shape index (κ3) is 2.43. The first-order valence-electron chi connectivity index (χ1n) is 6.88. The zero-order valence-electron chi connectivity index (χ0n) is 12.2. The Morgan fingerprint density at radius 3 is 2.44 bits per heavy atom. The fourth-order valence-electron chi connectivity index (χ4n) is 2.61. The van der Waals surface area contributed by atoms with Crippen molar-refractivity contribution in [1.29, 1.82) is 0 Å². The smallest absolute Gasteiger partial charge is 0.248 e. The molecule has 1 aliphatic rings. The molecule has 0 aromatic heterocycles. The van der Waals surface area contributed by atoms with Crippen molar-refractivity contribution >= 4 is 5.91 Å². The highest BCUT2D eigenvalue weighted by molar-refractivity contribution is 5.93. The minimum absolute atomic E-state index is 0.195. The molecule has 100 valence electrons. The van der Waals surface area contributed by atoms with Gasteiger partial charge in [0.15, 0.2) is 0 Å². The van der Waals surface area contributed by atoms with Crippen LogP contribution >= 0.6 is 0 Å². The summed E-state index contributed by atoms with van der Waals surface area (Å²) in [5.74, 6) is 0.248. The van der Waals surface area contributed by atoms with Gasteiger partial charge >= 0.3 is 0 Å². The maximum atomic E-state index is 11.2. The van der Waals surface area contributed by atoms with Gasteiger partial charge in [-0.05, 0) is 47.4 Å². The highest BCUT2D eigenvalue weighted by atomic mass is 16.1. The number of nitrogens with two attached hydrogens (primary N) is 1. The van der Waals surface area contributed by atoms with Crippen LogP contribution in [-0.2, 0) is 11.8 Å². The number of rotatable bonds is 2. The predicted molar refractivity (Wildman–Crippen MR) is 76.8 cm³/mol. The quantitative estimate of drug-likeness (QED) is 0.851. The van der Waals surface area contributed by atoms with E-state index in [-0.39, 0.29) is 11.3 Å². The lowest BCUT2D eigenvalue weighted by molar-refractivity contribution is 0.1000. The number of aryl methyl sites for hydroxylation is 1. The molecule has 1 amide bonds. The van der Waals surface area contributed by atoms with E-state index in [1.54, 1.807) is 0 Å². The third-order valence-electron chi connectivity index (χ3n) is 4.20. The first kappa shape index (κ1) is 14.7. The Hall–Kier alpha value is -1.31. The molecule has 0 aliphatic heterocycles. The lowest BCUT2D eigenvalue weighted by atomic mass is 9.74. The van der Waals surface area contributed by atoms with Gasteiger partial charge in [-0.1, -0.05) is 40.7 Å². The van der Waals surface area contributed by atoms with E-state index < -0.39 is 0 Å². The molecular formula is C16H25NO. The molecule has 0 spiro atoms. The number of hydrogen-bond acceptors (Lipinski definition) is 1. The fourth-order valence-corrected chi connectivity index (χ4v) is 2.61. The maximum absolute atomic E-state index is 11.2. The van der Waals surface area contributed by atoms with Crippen LogP contribution in [0.1, 0.15) is 62.5 Å². The average molecular weight is 247 g/mol. The van der Waals surface area contributed by atoms with E-state index in [1.807, 2.05) is 26.0 Å². The Bertz CT molecular complexity index is 437. The van der Waals surface area contributed by atoms with Gasteiger partial charge in [-0.3, -0.25) is 4.79 Å². The van der Waals surface area contributed by atoms with Crippen LogP contribution in [0.15, 0.2) is 18.2 Å². The summed E-state index contributed by atoms with van der Waals surface area (Å²) in [4.78, 5) is 11.2. The van der Waals surface area contributed by atoms with Crippen molar-refractivity contribution < 1.29 is 4.79 Å². The van der Waals surface area contributed by atoms with Crippen LogP contribution in [-0.4, -0.2) is 5.91 Å². The minimum Gasteiger partial charge on any atom is -0.366 e. The maximum Gasteiger partial charge on any atom is 0.248 e. The second-order valence-corrected chi connectivity index (χ2v) is 5.31. The molecule has 1 aliphatic carbocycles. The van der Waals surface area contributed by atoms with Crippen LogP contribution in [0.2, 0.25) is 0 Å². The van der Waals surface area contributed by atoms with E-state index in [9.17, 15) is 4.79 Å². The van der Waals surface area contributed by atoms with E-state index >= 15 is 0 Å². The molecule has 1 aromatic rings. The van der Waals surface area contributed by atoms with Crippen molar-refractivity contribution in [1.82, 2.24) is 0 Å². The van der Waals surface area contributed by atoms with Gasteiger partial charge in [-0.2, -0.15) is 0 Å². The van der Waals surface area contributed by atoms with Gasteiger partial charge in [0.05, 0.1) is 0 Å². The van der Waals surface area contributed by atoms with Gasteiger partial charge in [0.25, 0.3) is 0 Å². The summed E-state index contributed by atoms with van der Waals surface area (Å²) in [7, 11) is 0. The average Bonchev–Trinajstić information content (AvgIpc) is 2.70. The summed E-state index contributed by atoms with van der Waals surface area (Å²) >= 11 is 0. The van der Waals surface area contributed by atoms with Crippen LogP contribution in [0.5, 0.6) is 0 Å².